The molecule has 2 N–H and O–H groups in total. The minimum absolute atomic E-state index is 0.175. The molecule has 1 aliphatic rings. The summed E-state index contributed by atoms with van der Waals surface area (Å²) in [5.41, 5.74) is 0.958. The average molecular weight is 181 g/mol. The van der Waals surface area contributed by atoms with Crippen LogP contribution in [-0.2, 0) is 13.1 Å². The van der Waals surface area contributed by atoms with Crippen molar-refractivity contribution in [1.82, 2.24) is 14.9 Å². The van der Waals surface area contributed by atoms with Crippen molar-refractivity contribution in [1.29, 1.82) is 0 Å². The molecular weight excluding hydrogens is 170 g/mol. The third-order valence-corrected chi connectivity index (χ3v) is 2.19. The molecule has 0 radical (unpaired) electrons. The Labute approximate surface area is 75.4 Å². The Morgan fingerprint density at radius 1 is 1.69 bits per heavy atom. The van der Waals surface area contributed by atoms with Crippen LogP contribution in [0.3, 0.4) is 0 Å². The summed E-state index contributed by atoms with van der Waals surface area (Å²) in [6, 6.07) is 0. The molecule has 0 aromatic carbocycles. The van der Waals surface area contributed by atoms with Gasteiger partial charge in [0.15, 0.2) is 5.69 Å². The highest BCUT2D eigenvalue weighted by molar-refractivity contribution is 5.86. The quantitative estimate of drug-likeness (QED) is 0.643. The molecule has 5 nitrogen and oxygen atoms in total. The second-order valence-corrected chi connectivity index (χ2v) is 3.07. The van der Waals surface area contributed by atoms with Crippen LogP contribution < -0.4 is 5.32 Å². The van der Waals surface area contributed by atoms with Gasteiger partial charge in [0.25, 0.3) is 0 Å². The Bertz CT molecular complexity index is 332. The fraction of sp³-hybridized carbons (Fsp3) is 0.500. The Kier molecular flexibility index (Phi) is 2.02. The smallest absolute Gasteiger partial charge is 0.356 e. The molecule has 0 bridgehead atoms. The first kappa shape index (κ1) is 8.25. The molecule has 0 fully saturated rings. The van der Waals surface area contributed by atoms with Gasteiger partial charge in [-0.2, -0.15) is 0 Å². The van der Waals surface area contributed by atoms with Crippen molar-refractivity contribution in [3.05, 3.63) is 17.7 Å². The number of imidazole rings is 1. The molecule has 1 aliphatic heterocycles. The number of nitrogens with zero attached hydrogens (tertiary/aromatic N) is 2. The number of carboxylic acids is 1. The zero-order valence-electron chi connectivity index (χ0n) is 7.16. The number of rotatable bonds is 1. The van der Waals surface area contributed by atoms with E-state index in [0.717, 1.165) is 25.2 Å². The predicted octanol–water partition coefficient (Wildman–Crippen LogP) is 0.0746. The average Bonchev–Trinajstić information content (AvgIpc) is 2.36. The molecule has 0 unspecified atom stereocenters. The van der Waals surface area contributed by atoms with Crippen molar-refractivity contribution in [2.75, 3.05) is 6.54 Å². The van der Waals surface area contributed by atoms with Crippen molar-refractivity contribution in [3.63, 3.8) is 0 Å². The number of carbonyl (C=O) groups is 1. The molecule has 13 heavy (non-hydrogen) atoms. The minimum atomic E-state index is -0.947. The Balaban J connectivity index is 2.39. The van der Waals surface area contributed by atoms with Crippen LogP contribution >= 0.6 is 0 Å². The number of carboxylic acid groups (broad SMARTS) is 1. The summed E-state index contributed by atoms with van der Waals surface area (Å²) in [4.78, 5) is 14.6. The van der Waals surface area contributed by atoms with Gasteiger partial charge in [0.05, 0.1) is 12.0 Å². The predicted molar refractivity (Wildman–Crippen MR) is 45.5 cm³/mol. The molecule has 1 aromatic rings. The summed E-state index contributed by atoms with van der Waals surface area (Å²) in [5.74, 6) is -0.947. The van der Waals surface area contributed by atoms with E-state index in [1.165, 1.54) is 0 Å². The highest BCUT2D eigenvalue weighted by atomic mass is 16.4. The van der Waals surface area contributed by atoms with Crippen molar-refractivity contribution < 1.29 is 9.90 Å². The van der Waals surface area contributed by atoms with E-state index in [1.807, 2.05) is 4.57 Å². The van der Waals surface area contributed by atoms with E-state index in [2.05, 4.69) is 10.3 Å². The monoisotopic (exact) mass is 181 g/mol. The number of fused-ring (bicyclic) bond motifs is 1. The molecule has 5 heteroatoms. The van der Waals surface area contributed by atoms with E-state index in [0.29, 0.717) is 6.54 Å². The summed E-state index contributed by atoms with van der Waals surface area (Å²) >= 11 is 0. The zero-order valence-corrected chi connectivity index (χ0v) is 7.16. The van der Waals surface area contributed by atoms with Gasteiger partial charge in [-0.1, -0.05) is 0 Å². The lowest BCUT2D eigenvalue weighted by Crippen LogP contribution is -2.14. The van der Waals surface area contributed by atoms with E-state index >= 15 is 0 Å². The molecular formula is C8H11N3O2. The minimum Gasteiger partial charge on any atom is -0.476 e. The maximum Gasteiger partial charge on any atom is 0.356 e. The Hall–Kier alpha value is -1.36. The fourth-order valence-corrected chi connectivity index (χ4v) is 1.55. The zero-order chi connectivity index (χ0) is 9.26. The Morgan fingerprint density at radius 2 is 2.54 bits per heavy atom. The van der Waals surface area contributed by atoms with Gasteiger partial charge in [0.1, 0.15) is 0 Å². The molecule has 2 heterocycles. The molecule has 0 spiro atoms. The third-order valence-electron chi connectivity index (χ3n) is 2.19. The van der Waals surface area contributed by atoms with Crippen LogP contribution in [0, 0.1) is 0 Å². The van der Waals surface area contributed by atoms with Crippen molar-refractivity contribution in [3.8, 4) is 0 Å². The summed E-state index contributed by atoms with van der Waals surface area (Å²) < 4.78 is 1.91. The van der Waals surface area contributed by atoms with Gasteiger partial charge in [-0.3, -0.25) is 0 Å². The van der Waals surface area contributed by atoms with E-state index in [1.54, 1.807) is 6.33 Å². The summed E-state index contributed by atoms with van der Waals surface area (Å²) in [6.45, 7) is 2.38. The van der Waals surface area contributed by atoms with Crippen molar-refractivity contribution in [2.45, 2.75) is 19.5 Å². The lowest BCUT2D eigenvalue weighted by molar-refractivity contribution is 0.0689. The lowest BCUT2D eigenvalue weighted by atomic mass is 10.3. The van der Waals surface area contributed by atoms with Crippen LogP contribution in [0.15, 0.2) is 6.33 Å². The van der Waals surface area contributed by atoms with Gasteiger partial charge < -0.3 is 15.0 Å². The fourth-order valence-electron chi connectivity index (χ4n) is 1.55. The summed E-state index contributed by atoms with van der Waals surface area (Å²) in [5, 5.41) is 12.0. The molecule has 0 saturated heterocycles. The van der Waals surface area contributed by atoms with E-state index < -0.39 is 5.97 Å². The number of hydrogen-bond acceptors (Lipinski definition) is 3. The Morgan fingerprint density at radius 3 is 3.31 bits per heavy atom. The second-order valence-electron chi connectivity index (χ2n) is 3.07. The van der Waals surface area contributed by atoms with Crippen LogP contribution in [-0.4, -0.2) is 27.2 Å². The van der Waals surface area contributed by atoms with Crippen molar-refractivity contribution >= 4 is 5.97 Å². The lowest BCUT2D eigenvalue weighted by Gasteiger charge is -2.01. The highest BCUT2D eigenvalue weighted by Gasteiger charge is 2.17. The number of hydrogen-bond donors (Lipinski definition) is 2. The van der Waals surface area contributed by atoms with Gasteiger partial charge in [0.2, 0.25) is 0 Å². The first-order chi connectivity index (χ1) is 6.29. The summed E-state index contributed by atoms with van der Waals surface area (Å²) in [7, 11) is 0. The van der Waals surface area contributed by atoms with E-state index in [9.17, 15) is 4.79 Å². The number of aromatic nitrogens is 2. The topological polar surface area (TPSA) is 67.1 Å². The van der Waals surface area contributed by atoms with Crippen LogP contribution in [0.5, 0.6) is 0 Å². The normalized spacial score (nSPS) is 16.3. The largest absolute Gasteiger partial charge is 0.476 e. The molecule has 0 saturated carbocycles. The molecule has 70 valence electrons. The summed E-state index contributed by atoms with van der Waals surface area (Å²) in [6.07, 6.45) is 2.62. The molecule has 0 atom stereocenters. The van der Waals surface area contributed by atoms with Gasteiger partial charge in [-0.25, -0.2) is 9.78 Å². The van der Waals surface area contributed by atoms with Crippen LogP contribution in [0.2, 0.25) is 0 Å². The molecule has 1 aromatic heterocycles. The molecule has 2 rings (SSSR count). The van der Waals surface area contributed by atoms with Crippen LogP contribution in [0.1, 0.15) is 22.6 Å². The third kappa shape index (κ3) is 1.42. The number of aromatic carboxylic acids is 1. The van der Waals surface area contributed by atoms with Crippen LogP contribution in [0.25, 0.3) is 0 Å². The van der Waals surface area contributed by atoms with Crippen molar-refractivity contribution in [2.24, 2.45) is 0 Å². The first-order valence-corrected chi connectivity index (χ1v) is 4.27. The first-order valence-electron chi connectivity index (χ1n) is 4.27. The molecule has 0 aliphatic carbocycles. The van der Waals surface area contributed by atoms with Gasteiger partial charge in [0, 0.05) is 13.1 Å². The number of nitrogens with one attached hydrogen (secondary N) is 1. The molecule has 0 amide bonds. The van der Waals surface area contributed by atoms with E-state index in [-0.39, 0.29) is 5.69 Å². The maximum absolute atomic E-state index is 10.7. The highest BCUT2D eigenvalue weighted by Crippen LogP contribution is 2.10. The van der Waals surface area contributed by atoms with Gasteiger partial charge >= 0.3 is 5.97 Å². The maximum atomic E-state index is 10.7. The second kappa shape index (κ2) is 3.18. The van der Waals surface area contributed by atoms with Gasteiger partial charge in [-0.15, -0.1) is 0 Å². The van der Waals surface area contributed by atoms with Crippen LogP contribution in [0.4, 0.5) is 0 Å². The van der Waals surface area contributed by atoms with Gasteiger partial charge in [-0.05, 0) is 13.0 Å². The SMILES string of the molecule is O=C(O)c1ncn2c1CNCCC2. The van der Waals surface area contributed by atoms with E-state index in [4.69, 9.17) is 5.11 Å². The number of aryl methyl sites for hydroxylation is 1. The standard InChI is InChI=1S/C8H11N3O2/c12-8(13)7-6-4-9-2-1-3-11(6)5-10-7/h5,9H,1-4H2,(H,12,13).